The van der Waals surface area contributed by atoms with E-state index in [-0.39, 0.29) is 18.1 Å². The van der Waals surface area contributed by atoms with Crippen LogP contribution in [0.5, 0.6) is 0 Å². The first-order valence-corrected chi connectivity index (χ1v) is 7.75. The number of benzene rings is 1. The molecule has 1 unspecified atom stereocenters. The Balaban J connectivity index is 1.46. The second-order valence-corrected chi connectivity index (χ2v) is 5.67. The SMILES string of the molecule is O=C(NC1CCN(c2ccccc2)CC1)C1CNCCO1. The topological polar surface area (TPSA) is 53.6 Å². The quantitative estimate of drug-likeness (QED) is 0.862. The molecule has 1 aromatic rings. The molecular formula is C16H23N3O2. The molecule has 0 radical (unpaired) electrons. The zero-order valence-electron chi connectivity index (χ0n) is 12.3. The zero-order chi connectivity index (χ0) is 14.5. The Labute approximate surface area is 125 Å². The molecule has 0 saturated carbocycles. The van der Waals surface area contributed by atoms with Crippen molar-refractivity contribution in [2.24, 2.45) is 0 Å². The lowest BCUT2D eigenvalue weighted by Crippen LogP contribution is -2.52. The first kappa shape index (κ1) is 14.4. The molecule has 2 heterocycles. The summed E-state index contributed by atoms with van der Waals surface area (Å²) in [6.07, 6.45) is 1.65. The largest absolute Gasteiger partial charge is 0.371 e. The number of anilines is 1. The van der Waals surface area contributed by atoms with E-state index in [9.17, 15) is 4.79 Å². The highest BCUT2D eigenvalue weighted by Crippen LogP contribution is 2.19. The smallest absolute Gasteiger partial charge is 0.250 e. The van der Waals surface area contributed by atoms with Crippen LogP contribution in [-0.2, 0) is 9.53 Å². The number of nitrogens with one attached hydrogen (secondary N) is 2. The van der Waals surface area contributed by atoms with Crippen molar-refractivity contribution >= 4 is 11.6 Å². The number of amides is 1. The first-order valence-electron chi connectivity index (χ1n) is 7.75. The molecule has 2 fully saturated rings. The van der Waals surface area contributed by atoms with Crippen molar-refractivity contribution in [1.29, 1.82) is 0 Å². The van der Waals surface area contributed by atoms with Crippen LogP contribution in [0, 0.1) is 0 Å². The summed E-state index contributed by atoms with van der Waals surface area (Å²) in [5.74, 6) is 0.0281. The Morgan fingerprint density at radius 2 is 2.00 bits per heavy atom. The second-order valence-electron chi connectivity index (χ2n) is 5.67. The van der Waals surface area contributed by atoms with Crippen LogP contribution in [0.15, 0.2) is 30.3 Å². The van der Waals surface area contributed by atoms with Crippen LogP contribution in [0.2, 0.25) is 0 Å². The molecule has 2 N–H and O–H groups in total. The molecule has 3 rings (SSSR count). The minimum absolute atomic E-state index is 0.0281. The van der Waals surface area contributed by atoms with Crippen molar-refractivity contribution in [3.05, 3.63) is 30.3 Å². The molecule has 21 heavy (non-hydrogen) atoms. The first-order chi connectivity index (χ1) is 10.3. The fourth-order valence-corrected chi connectivity index (χ4v) is 2.95. The number of rotatable bonds is 3. The summed E-state index contributed by atoms with van der Waals surface area (Å²) in [5, 5.41) is 6.32. The van der Waals surface area contributed by atoms with E-state index in [2.05, 4.69) is 39.8 Å². The molecule has 0 aromatic heterocycles. The zero-order valence-corrected chi connectivity index (χ0v) is 12.3. The molecular weight excluding hydrogens is 266 g/mol. The Morgan fingerprint density at radius 1 is 1.24 bits per heavy atom. The minimum Gasteiger partial charge on any atom is -0.371 e. The number of nitrogens with zero attached hydrogens (tertiary/aromatic N) is 1. The van der Waals surface area contributed by atoms with Crippen LogP contribution in [0.4, 0.5) is 5.69 Å². The van der Waals surface area contributed by atoms with Gasteiger partial charge in [-0.25, -0.2) is 0 Å². The molecule has 5 nitrogen and oxygen atoms in total. The van der Waals surface area contributed by atoms with Gasteiger partial charge in [-0.1, -0.05) is 18.2 Å². The number of hydrogen-bond donors (Lipinski definition) is 2. The summed E-state index contributed by atoms with van der Waals surface area (Å²) in [6, 6.07) is 10.7. The fourth-order valence-electron chi connectivity index (χ4n) is 2.95. The molecule has 2 aliphatic rings. The van der Waals surface area contributed by atoms with Crippen molar-refractivity contribution in [2.45, 2.75) is 25.0 Å². The van der Waals surface area contributed by atoms with Crippen molar-refractivity contribution in [1.82, 2.24) is 10.6 Å². The highest BCUT2D eigenvalue weighted by Gasteiger charge is 2.26. The number of morpholine rings is 1. The van der Waals surface area contributed by atoms with Gasteiger partial charge in [-0.2, -0.15) is 0 Å². The van der Waals surface area contributed by atoms with E-state index in [1.807, 2.05) is 6.07 Å². The Hall–Kier alpha value is -1.59. The van der Waals surface area contributed by atoms with Crippen molar-refractivity contribution < 1.29 is 9.53 Å². The van der Waals surface area contributed by atoms with Gasteiger partial charge in [0.2, 0.25) is 0 Å². The van der Waals surface area contributed by atoms with Crippen LogP contribution in [0.25, 0.3) is 0 Å². The van der Waals surface area contributed by atoms with Gasteiger partial charge in [0.15, 0.2) is 0 Å². The average Bonchev–Trinajstić information content (AvgIpc) is 2.57. The van der Waals surface area contributed by atoms with E-state index in [0.29, 0.717) is 13.2 Å². The number of para-hydroxylation sites is 1. The monoisotopic (exact) mass is 289 g/mol. The molecule has 114 valence electrons. The lowest BCUT2D eigenvalue weighted by atomic mass is 10.0. The maximum Gasteiger partial charge on any atom is 0.250 e. The molecule has 5 heteroatoms. The van der Waals surface area contributed by atoms with Gasteiger partial charge in [-0.15, -0.1) is 0 Å². The van der Waals surface area contributed by atoms with Gasteiger partial charge in [-0.3, -0.25) is 4.79 Å². The van der Waals surface area contributed by atoms with E-state index in [4.69, 9.17) is 4.74 Å². The van der Waals surface area contributed by atoms with Crippen LogP contribution in [0.1, 0.15) is 12.8 Å². The molecule has 2 saturated heterocycles. The molecule has 0 spiro atoms. The van der Waals surface area contributed by atoms with Crippen LogP contribution >= 0.6 is 0 Å². The number of piperidine rings is 1. The number of carbonyl (C=O) groups excluding carboxylic acids is 1. The lowest BCUT2D eigenvalue weighted by molar-refractivity contribution is -0.135. The van der Waals surface area contributed by atoms with E-state index >= 15 is 0 Å². The number of hydrogen-bond acceptors (Lipinski definition) is 4. The van der Waals surface area contributed by atoms with Gasteiger partial charge >= 0.3 is 0 Å². The van der Waals surface area contributed by atoms with Gasteiger partial charge in [0, 0.05) is 37.9 Å². The molecule has 1 amide bonds. The van der Waals surface area contributed by atoms with Gasteiger partial charge in [0.25, 0.3) is 5.91 Å². The van der Waals surface area contributed by atoms with Crippen molar-refractivity contribution in [3.8, 4) is 0 Å². The third-order valence-corrected chi connectivity index (χ3v) is 4.18. The summed E-state index contributed by atoms with van der Waals surface area (Å²) in [4.78, 5) is 14.5. The van der Waals surface area contributed by atoms with E-state index in [1.165, 1.54) is 5.69 Å². The normalized spacial score (nSPS) is 23.8. The van der Waals surface area contributed by atoms with E-state index in [1.54, 1.807) is 0 Å². The Kier molecular flexibility index (Phi) is 4.72. The predicted octanol–water partition coefficient (Wildman–Crippen LogP) is 0.760. The summed E-state index contributed by atoms with van der Waals surface area (Å²) in [5.41, 5.74) is 1.27. The highest BCUT2D eigenvalue weighted by atomic mass is 16.5. The summed E-state index contributed by atoms with van der Waals surface area (Å²) in [6.45, 7) is 4.04. The molecule has 1 atom stereocenters. The summed E-state index contributed by atoms with van der Waals surface area (Å²) < 4.78 is 5.49. The van der Waals surface area contributed by atoms with Gasteiger partial charge in [-0.05, 0) is 25.0 Å². The van der Waals surface area contributed by atoms with Gasteiger partial charge < -0.3 is 20.3 Å². The predicted molar refractivity (Wildman–Crippen MR) is 82.4 cm³/mol. The maximum atomic E-state index is 12.1. The Morgan fingerprint density at radius 3 is 2.67 bits per heavy atom. The van der Waals surface area contributed by atoms with Crippen LogP contribution in [-0.4, -0.2) is 50.8 Å². The average molecular weight is 289 g/mol. The van der Waals surface area contributed by atoms with E-state index < -0.39 is 0 Å². The fraction of sp³-hybridized carbons (Fsp3) is 0.562. The number of ether oxygens (including phenoxy) is 1. The lowest BCUT2D eigenvalue weighted by Gasteiger charge is -2.34. The highest BCUT2D eigenvalue weighted by molar-refractivity contribution is 5.81. The third kappa shape index (κ3) is 3.74. The van der Waals surface area contributed by atoms with Crippen LogP contribution in [0.3, 0.4) is 0 Å². The molecule has 0 bridgehead atoms. The van der Waals surface area contributed by atoms with Crippen molar-refractivity contribution in [3.63, 3.8) is 0 Å². The van der Waals surface area contributed by atoms with Gasteiger partial charge in [0.05, 0.1) is 6.61 Å². The van der Waals surface area contributed by atoms with Crippen molar-refractivity contribution in [2.75, 3.05) is 37.7 Å². The molecule has 1 aromatic carbocycles. The standard InChI is InChI=1S/C16H23N3O2/c20-16(15-12-17-8-11-21-15)18-13-6-9-19(10-7-13)14-4-2-1-3-5-14/h1-5,13,15,17H,6-12H2,(H,18,20). The third-order valence-electron chi connectivity index (χ3n) is 4.18. The van der Waals surface area contributed by atoms with Gasteiger partial charge in [0.1, 0.15) is 6.10 Å². The Bertz CT molecular complexity index is 452. The summed E-state index contributed by atoms with van der Waals surface area (Å²) in [7, 11) is 0. The maximum absolute atomic E-state index is 12.1. The van der Waals surface area contributed by atoms with E-state index in [0.717, 1.165) is 32.5 Å². The second kappa shape index (κ2) is 6.91. The summed E-state index contributed by atoms with van der Waals surface area (Å²) >= 11 is 0. The van der Waals surface area contributed by atoms with Crippen LogP contribution < -0.4 is 15.5 Å². The molecule has 0 aliphatic carbocycles. The minimum atomic E-state index is -0.328. The number of carbonyl (C=O) groups is 1. The molecule has 2 aliphatic heterocycles.